The Balaban J connectivity index is 1.92. The number of hydrogen-bond donors (Lipinski definition) is 2. The molecule has 1 unspecified atom stereocenters. The second-order valence-electron chi connectivity index (χ2n) is 5.32. The Morgan fingerprint density at radius 2 is 1.73 bits per heavy atom. The zero-order chi connectivity index (χ0) is 19.1. The summed E-state index contributed by atoms with van der Waals surface area (Å²) in [6.45, 7) is 0.0501. The van der Waals surface area contributed by atoms with E-state index in [1.54, 1.807) is 6.07 Å². The molecular weight excluding hydrogens is 350 g/mol. The summed E-state index contributed by atoms with van der Waals surface area (Å²) in [4.78, 5) is 22.0. The summed E-state index contributed by atoms with van der Waals surface area (Å²) in [5.74, 6) is -4.43. The van der Waals surface area contributed by atoms with Crippen LogP contribution in [-0.2, 0) is 4.79 Å². The van der Waals surface area contributed by atoms with Gasteiger partial charge < -0.3 is 19.7 Å². The molecule has 2 N–H and O–H groups in total. The molecule has 0 radical (unpaired) electrons. The van der Waals surface area contributed by atoms with Crippen molar-refractivity contribution in [1.82, 2.24) is 0 Å². The van der Waals surface area contributed by atoms with Gasteiger partial charge in [0.25, 0.3) is 0 Å². The van der Waals surface area contributed by atoms with Gasteiger partial charge in [0.15, 0.2) is 29.2 Å². The van der Waals surface area contributed by atoms with Gasteiger partial charge in [-0.2, -0.15) is 0 Å². The van der Waals surface area contributed by atoms with Gasteiger partial charge in [-0.05, 0) is 43.2 Å². The van der Waals surface area contributed by atoms with Crippen LogP contribution in [0.1, 0.15) is 23.2 Å². The third-order valence-electron chi connectivity index (χ3n) is 3.43. The van der Waals surface area contributed by atoms with Gasteiger partial charge in [-0.15, -0.1) is 0 Å². The highest BCUT2D eigenvalue weighted by molar-refractivity contribution is 5.87. The fourth-order valence-corrected chi connectivity index (χ4v) is 2.13. The largest absolute Gasteiger partial charge is 0.491 e. The molecular formula is C18H16F2O6. The lowest BCUT2D eigenvalue weighted by Gasteiger charge is -2.16. The lowest BCUT2D eigenvalue weighted by molar-refractivity contribution is -0.145. The number of halogens is 2. The predicted octanol–water partition coefficient (Wildman–Crippen LogP) is 3.35. The van der Waals surface area contributed by atoms with Gasteiger partial charge in [-0.1, -0.05) is 12.1 Å². The lowest BCUT2D eigenvalue weighted by atomic mass is 10.2. The maximum absolute atomic E-state index is 13.8. The zero-order valence-electron chi connectivity index (χ0n) is 13.5. The molecule has 6 nitrogen and oxygen atoms in total. The van der Waals surface area contributed by atoms with Crippen LogP contribution >= 0.6 is 0 Å². The molecule has 0 bridgehead atoms. The first-order chi connectivity index (χ1) is 12.4. The van der Waals surface area contributed by atoms with Crippen LogP contribution in [0.15, 0.2) is 42.5 Å². The minimum absolute atomic E-state index is 0.0100. The van der Waals surface area contributed by atoms with Crippen molar-refractivity contribution in [1.29, 1.82) is 0 Å². The van der Waals surface area contributed by atoms with Crippen LogP contribution in [0.3, 0.4) is 0 Å². The predicted molar refractivity (Wildman–Crippen MR) is 86.5 cm³/mol. The molecule has 8 heteroatoms. The molecule has 2 rings (SSSR count). The van der Waals surface area contributed by atoms with Crippen molar-refractivity contribution in [3.8, 4) is 11.5 Å². The Labute approximate surface area is 147 Å². The number of carboxylic acid groups (broad SMARTS) is 2. The number of aliphatic carboxylic acids is 1. The van der Waals surface area contributed by atoms with E-state index in [1.165, 1.54) is 18.2 Å². The molecule has 1 atom stereocenters. The quantitative estimate of drug-likeness (QED) is 0.661. The maximum atomic E-state index is 13.8. The number of rotatable bonds is 9. The SMILES string of the molecule is O=C(O)c1ccc(OC(CCCOc2ccccc2F)C(=O)O)c(F)c1. The Hall–Kier alpha value is -3.16. The van der Waals surface area contributed by atoms with Crippen molar-refractivity contribution in [2.24, 2.45) is 0 Å². The zero-order valence-corrected chi connectivity index (χ0v) is 13.5. The monoisotopic (exact) mass is 366 g/mol. The van der Waals surface area contributed by atoms with Crippen LogP contribution in [0, 0.1) is 11.6 Å². The Morgan fingerprint density at radius 1 is 1.00 bits per heavy atom. The minimum atomic E-state index is -1.36. The summed E-state index contributed by atoms with van der Waals surface area (Å²) in [5, 5.41) is 18.0. The lowest BCUT2D eigenvalue weighted by Crippen LogP contribution is -2.28. The average Bonchev–Trinajstić information content (AvgIpc) is 2.59. The van der Waals surface area contributed by atoms with Crippen molar-refractivity contribution in [3.05, 3.63) is 59.7 Å². The van der Waals surface area contributed by atoms with Crippen LogP contribution in [0.5, 0.6) is 11.5 Å². The summed E-state index contributed by atoms with van der Waals surface area (Å²) in [5.41, 5.74) is -0.278. The van der Waals surface area contributed by atoms with E-state index in [4.69, 9.17) is 14.6 Å². The molecule has 0 heterocycles. The van der Waals surface area contributed by atoms with Crippen LogP contribution < -0.4 is 9.47 Å². The van der Waals surface area contributed by atoms with Gasteiger partial charge in [0.2, 0.25) is 0 Å². The van der Waals surface area contributed by atoms with Crippen LogP contribution in [-0.4, -0.2) is 34.9 Å². The topological polar surface area (TPSA) is 93.1 Å². The average molecular weight is 366 g/mol. The molecule has 138 valence electrons. The summed E-state index contributed by atoms with van der Waals surface area (Å²) in [6.07, 6.45) is -1.14. The number of hydrogen-bond acceptors (Lipinski definition) is 4. The molecule has 0 saturated heterocycles. The standard InChI is InChI=1S/C18H16F2O6/c19-12-4-1-2-5-14(12)25-9-3-6-16(18(23)24)26-15-8-7-11(17(21)22)10-13(15)20/h1-2,4-5,7-8,10,16H,3,6,9H2,(H,21,22)(H,23,24). The Kier molecular flexibility index (Phi) is 6.48. The van der Waals surface area contributed by atoms with E-state index >= 15 is 0 Å². The molecule has 0 amide bonds. The van der Waals surface area contributed by atoms with Crippen LogP contribution in [0.25, 0.3) is 0 Å². The van der Waals surface area contributed by atoms with Crippen molar-refractivity contribution >= 4 is 11.9 Å². The number of aromatic carboxylic acids is 1. The van der Waals surface area contributed by atoms with E-state index < -0.39 is 29.7 Å². The van der Waals surface area contributed by atoms with Crippen molar-refractivity contribution in [2.75, 3.05) is 6.61 Å². The highest BCUT2D eigenvalue weighted by Gasteiger charge is 2.21. The van der Waals surface area contributed by atoms with Crippen molar-refractivity contribution in [2.45, 2.75) is 18.9 Å². The molecule has 0 aliphatic carbocycles. The Bertz CT molecular complexity index is 793. The van der Waals surface area contributed by atoms with E-state index in [0.29, 0.717) is 0 Å². The summed E-state index contributed by atoms with van der Waals surface area (Å²) >= 11 is 0. The van der Waals surface area contributed by atoms with E-state index in [2.05, 4.69) is 0 Å². The molecule has 0 fully saturated rings. The molecule has 0 aliphatic heterocycles. The van der Waals surface area contributed by atoms with Crippen molar-refractivity contribution in [3.63, 3.8) is 0 Å². The summed E-state index contributed by atoms with van der Waals surface area (Å²) in [7, 11) is 0. The van der Waals surface area contributed by atoms with Gasteiger partial charge in [0.1, 0.15) is 0 Å². The third kappa shape index (κ3) is 5.17. The van der Waals surface area contributed by atoms with Gasteiger partial charge in [0, 0.05) is 0 Å². The first-order valence-electron chi connectivity index (χ1n) is 7.68. The molecule has 0 saturated carbocycles. The van der Waals surface area contributed by atoms with Crippen LogP contribution in [0.4, 0.5) is 8.78 Å². The van der Waals surface area contributed by atoms with Crippen LogP contribution in [0.2, 0.25) is 0 Å². The van der Waals surface area contributed by atoms with E-state index in [1.807, 2.05) is 0 Å². The number of ether oxygens (including phenoxy) is 2. The fourth-order valence-electron chi connectivity index (χ4n) is 2.13. The number of benzene rings is 2. The Morgan fingerprint density at radius 3 is 2.35 bits per heavy atom. The number of carbonyl (C=O) groups is 2. The van der Waals surface area contributed by atoms with Gasteiger partial charge in [0.05, 0.1) is 12.2 Å². The second-order valence-corrected chi connectivity index (χ2v) is 5.32. The fraction of sp³-hybridized carbons (Fsp3) is 0.222. The smallest absolute Gasteiger partial charge is 0.344 e. The summed E-state index contributed by atoms with van der Waals surface area (Å²) in [6, 6.07) is 8.72. The first kappa shape index (κ1) is 19.2. The molecule has 2 aromatic rings. The van der Waals surface area contributed by atoms with Gasteiger partial charge in [-0.3, -0.25) is 0 Å². The van der Waals surface area contributed by atoms with E-state index in [0.717, 1.165) is 18.2 Å². The van der Waals surface area contributed by atoms with Gasteiger partial charge in [-0.25, -0.2) is 18.4 Å². The van der Waals surface area contributed by atoms with Crippen molar-refractivity contribution < 1.29 is 38.1 Å². The normalized spacial score (nSPS) is 11.6. The highest BCUT2D eigenvalue weighted by atomic mass is 19.1. The summed E-state index contributed by atoms with van der Waals surface area (Å²) < 4.78 is 37.6. The number of carboxylic acids is 2. The highest BCUT2D eigenvalue weighted by Crippen LogP contribution is 2.21. The van der Waals surface area contributed by atoms with E-state index in [9.17, 15) is 23.5 Å². The maximum Gasteiger partial charge on any atom is 0.344 e. The minimum Gasteiger partial charge on any atom is -0.491 e. The van der Waals surface area contributed by atoms with E-state index in [-0.39, 0.29) is 36.5 Å². The second kappa shape index (κ2) is 8.80. The molecule has 0 aliphatic rings. The molecule has 26 heavy (non-hydrogen) atoms. The molecule has 2 aromatic carbocycles. The molecule has 0 spiro atoms. The first-order valence-corrected chi connectivity index (χ1v) is 7.68. The molecule has 0 aromatic heterocycles. The van der Waals surface area contributed by atoms with Gasteiger partial charge >= 0.3 is 11.9 Å². The number of para-hydroxylation sites is 1. The third-order valence-corrected chi connectivity index (χ3v) is 3.43.